The van der Waals surface area contributed by atoms with Crippen molar-refractivity contribution in [3.63, 3.8) is 0 Å². The Balaban J connectivity index is 2.38. The van der Waals surface area contributed by atoms with E-state index in [2.05, 4.69) is 19.2 Å². The third-order valence-electron chi connectivity index (χ3n) is 2.47. The molecule has 3 nitrogen and oxygen atoms in total. The molecule has 0 radical (unpaired) electrons. The van der Waals surface area contributed by atoms with Crippen molar-refractivity contribution < 1.29 is 9.53 Å². The van der Waals surface area contributed by atoms with Gasteiger partial charge in [-0.25, -0.2) is 0 Å². The zero-order valence-corrected chi connectivity index (χ0v) is 11.5. The molecule has 1 amide bonds. The first-order chi connectivity index (χ1) is 8.61. The van der Waals surface area contributed by atoms with E-state index in [-0.39, 0.29) is 5.91 Å². The van der Waals surface area contributed by atoms with Crippen LogP contribution in [0.1, 0.15) is 39.2 Å². The molecular formula is C15H23NO2. The molecule has 0 aliphatic rings. The van der Waals surface area contributed by atoms with Crippen molar-refractivity contribution in [1.82, 2.24) is 5.32 Å². The molecular weight excluding hydrogens is 226 g/mol. The first kappa shape index (κ1) is 14.6. The number of benzene rings is 1. The van der Waals surface area contributed by atoms with Gasteiger partial charge < -0.3 is 10.1 Å². The number of carbonyl (C=O) groups excluding carboxylic acids is 1. The topological polar surface area (TPSA) is 38.3 Å². The molecule has 1 aromatic rings. The highest BCUT2D eigenvalue weighted by molar-refractivity contribution is 5.75. The summed E-state index contributed by atoms with van der Waals surface area (Å²) in [5.74, 6) is 1.52. The van der Waals surface area contributed by atoms with Crippen LogP contribution in [0, 0.1) is 5.92 Å². The van der Waals surface area contributed by atoms with Crippen molar-refractivity contribution in [3.8, 4) is 5.75 Å². The van der Waals surface area contributed by atoms with Gasteiger partial charge in [-0.2, -0.15) is 0 Å². The molecule has 0 fully saturated rings. The second kappa shape index (κ2) is 7.75. The van der Waals surface area contributed by atoms with Gasteiger partial charge in [-0.3, -0.25) is 4.79 Å². The summed E-state index contributed by atoms with van der Waals surface area (Å²) in [7, 11) is 0. The summed E-state index contributed by atoms with van der Waals surface area (Å²) >= 11 is 0. The minimum atomic E-state index is 0.109. The summed E-state index contributed by atoms with van der Waals surface area (Å²) in [5, 5.41) is 2.89. The van der Waals surface area contributed by atoms with Gasteiger partial charge in [0.15, 0.2) is 0 Å². The van der Waals surface area contributed by atoms with Crippen molar-refractivity contribution in [1.29, 1.82) is 0 Å². The van der Waals surface area contributed by atoms with Crippen LogP contribution < -0.4 is 10.1 Å². The number of carbonyl (C=O) groups is 1. The van der Waals surface area contributed by atoms with Crippen LogP contribution in [-0.2, 0) is 11.3 Å². The Kier molecular flexibility index (Phi) is 6.26. The Morgan fingerprint density at radius 1 is 1.28 bits per heavy atom. The molecule has 1 aromatic carbocycles. The van der Waals surface area contributed by atoms with Crippen LogP contribution in [-0.4, -0.2) is 12.5 Å². The normalized spacial score (nSPS) is 10.4. The lowest BCUT2D eigenvalue weighted by Crippen LogP contribution is -2.21. The molecule has 3 heteroatoms. The quantitative estimate of drug-likeness (QED) is 0.806. The van der Waals surface area contributed by atoms with E-state index in [1.165, 1.54) is 0 Å². The molecule has 1 N–H and O–H groups in total. The SMILES string of the molecule is CCCC(=O)NCc1ccc(OCC(C)C)cc1. The van der Waals surface area contributed by atoms with Crippen LogP contribution in [0.15, 0.2) is 24.3 Å². The highest BCUT2D eigenvalue weighted by Crippen LogP contribution is 2.13. The summed E-state index contributed by atoms with van der Waals surface area (Å²) in [6, 6.07) is 7.87. The summed E-state index contributed by atoms with van der Waals surface area (Å²) in [6.07, 6.45) is 1.48. The minimum Gasteiger partial charge on any atom is -0.493 e. The number of rotatable bonds is 7. The second-order valence-corrected chi connectivity index (χ2v) is 4.88. The fraction of sp³-hybridized carbons (Fsp3) is 0.533. The molecule has 0 aliphatic heterocycles. The van der Waals surface area contributed by atoms with Crippen molar-refractivity contribution in [2.75, 3.05) is 6.61 Å². The number of ether oxygens (including phenoxy) is 1. The van der Waals surface area contributed by atoms with E-state index in [4.69, 9.17) is 4.74 Å². The van der Waals surface area contributed by atoms with Gasteiger partial charge in [-0.15, -0.1) is 0 Å². The van der Waals surface area contributed by atoms with Gasteiger partial charge in [0.25, 0.3) is 0 Å². The Morgan fingerprint density at radius 2 is 1.94 bits per heavy atom. The van der Waals surface area contributed by atoms with E-state index >= 15 is 0 Å². The molecule has 1 rings (SSSR count). The first-order valence-electron chi connectivity index (χ1n) is 6.60. The molecule has 0 bridgehead atoms. The average Bonchev–Trinajstić information content (AvgIpc) is 2.35. The van der Waals surface area contributed by atoms with Crippen LogP contribution in [0.5, 0.6) is 5.75 Å². The van der Waals surface area contributed by atoms with Crippen LogP contribution in [0.4, 0.5) is 0 Å². The lowest BCUT2D eigenvalue weighted by molar-refractivity contribution is -0.121. The minimum absolute atomic E-state index is 0.109. The maximum absolute atomic E-state index is 11.3. The number of hydrogen-bond donors (Lipinski definition) is 1. The molecule has 0 aliphatic carbocycles. The van der Waals surface area contributed by atoms with E-state index in [1.807, 2.05) is 31.2 Å². The molecule has 0 heterocycles. The van der Waals surface area contributed by atoms with Crippen molar-refractivity contribution in [2.45, 2.75) is 40.2 Å². The van der Waals surface area contributed by atoms with Crippen LogP contribution in [0.25, 0.3) is 0 Å². The molecule has 0 atom stereocenters. The van der Waals surface area contributed by atoms with Crippen LogP contribution >= 0.6 is 0 Å². The molecule has 0 spiro atoms. The van der Waals surface area contributed by atoms with Gasteiger partial charge in [0.05, 0.1) is 6.61 Å². The van der Waals surface area contributed by atoms with Gasteiger partial charge in [-0.05, 0) is 30.0 Å². The number of nitrogens with one attached hydrogen (secondary N) is 1. The lowest BCUT2D eigenvalue weighted by atomic mass is 10.2. The fourth-order valence-corrected chi connectivity index (χ4v) is 1.48. The van der Waals surface area contributed by atoms with E-state index in [0.717, 1.165) is 24.3 Å². The molecule has 0 aromatic heterocycles. The van der Waals surface area contributed by atoms with E-state index < -0.39 is 0 Å². The van der Waals surface area contributed by atoms with E-state index in [1.54, 1.807) is 0 Å². The largest absolute Gasteiger partial charge is 0.493 e. The highest BCUT2D eigenvalue weighted by atomic mass is 16.5. The zero-order chi connectivity index (χ0) is 13.4. The van der Waals surface area contributed by atoms with Gasteiger partial charge >= 0.3 is 0 Å². The monoisotopic (exact) mass is 249 g/mol. The van der Waals surface area contributed by atoms with Gasteiger partial charge in [0, 0.05) is 13.0 Å². The molecule has 0 unspecified atom stereocenters. The standard InChI is InChI=1S/C15H23NO2/c1-4-5-15(17)16-10-13-6-8-14(9-7-13)18-11-12(2)3/h6-9,12H,4-5,10-11H2,1-3H3,(H,16,17). The number of amides is 1. The fourth-order valence-electron chi connectivity index (χ4n) is 1.48. The van der Waals surface area contributed by atoms with Crippen molar-refractivity contribution in [3.05, 3.63) is 29.8 Å². The Labute approximate surface area is 110 Å². The first-order valence-corrected chi connectivity index (χ1v) is 6.60. The third kappa shape index (κ3) is 5.71. The molecule has 0 saturated carbocycles. The van der Waals surface area contributed by atoms with Crippen molar-refractivity contribution >= 4 is 5.91 Å². The maximum Gasteiger partial charge on any atom is 0.220 e. The second-order valence-electron chi connectivity index (χ2n) is 4.88. The van der Waals surface area contributed by atoms with Crippen LogP contribution in [0.2, 0.25) is 0 Å². The third-order valence-corrected chi connectivity index (χ3v) is 2.47. The summed E-state index contributed by atoms with van der Waals surface area (Å²) in [6.45, 7) is 7.56. The molecule has 18 heavy (non-hydrogen) atoms. The van der Waals surface area contributed by atoms with Gasteiger partial charge in [0.2, 0.25) is 5.91 Å². The van der Waals surface area contributed by atoms with Gasteiger partial charge in [-0.1, -0.05) is 32.9 Å². The average molecular weight is 249 g/mol. The Morgan fingerprint density at radius 3 is 2.50 bits per heavy atom. The Hall–Kier alpha value is -1.51. The predicted molar refractivity (Wildman–Crippen MR) is 73.5 cm³/mol. The lowest BCUT2D eigenvalue weighted by Gasteiger charge is -2.09. The van der Waals surface area contributed by atoms with E-state index in [0.29, 0.717) is 18.9 Å². The van der Waals surface area contributed by atoms with Crippen LogP contribution in [0.3, 0.4) is 0 Å². The van der Waals surface area contributed by atoms with Gasteiger partial charge in [0.1, 0.15) is 5.75 Å². The van der Waals surface area contributed by atoms with E-state index in [9.17, 15) is 4.79 Å². The molecule has 100 valence electrons. The zero-order valence-electron chi connectivity index (χ0n) is 11.5. The number of hydrogen-bond acceptors (Lipinski definition) is 2. The summed E-state index contributed by atoms with van der Waals surface area (Å²) in [5.41, 5.74) is 1.09. The van der Waals surface area contributed by atoms with Crippen molar-refractivity contribution in [2.24, 2.45) is 5.92 Å². The summed E-state index contributed by atoms with van der Waals surface area (Å²) < 4.78 is 5.60. The molecule has 0 saturated heterocycles. The predicted octanol–water partition coefficient (Wildman–Crippen LogP) is 3.14. The smallest absolute Gasteiger partial charge is 0.220 e. The highest BCUT2D eigenvalue weighted by Gasteiger charge is 2.00. The Bertz CT molecular complexity index is 357. The summed E-state index contributed by atoms with van der Waals surface area (Å²) in [4.78, 5) is 11.3. The maximum atomic E-state index is 11.3.